The van der Waals surface area contributed by atoms with Gasteiger partial charge in [-0.1, -0.05) is 42.5 Å². The average molecular weight is 364 g/mol. The number of hydrogen-bond donors (Lipinski definition) is 0. The lowest BCUT2D eigenvalue weighted by Gasteiger charge is -2.28. The molecule has 2 aliphatic heterocycles. The zero-order chi connectivity index (χ0) is 18.6. The molecule has 0 radical (unpaired) electrons. The number of carbonyl (C=O) groups is 1. The lowest BCUT2D eigenvalue weighted by Crippen LogP contribution is -2.40. The van der Waals surface area contributed by atoms with Crippen LogP contribution < -0.4 is 9.47 Å². The second-order valence-electron chi connectivity index (χ2n) is 7.05. The highest BCUT2D eigenvalue weighted by Crippen LogP contribution is 2.32. The van der Waals surface area contributed by atoms with Gasteiger partial charge >= 0.3 is 0 Å². The first-order chi connectivity index (χ1) is 13.2. The second kappa shape index (κ2) is 7.84. The highest BCUT2D eigenvalue weighted by Gasteiger charge is 2.20. The fraction of sp³-hybridized carbons (Fsp3) is 0.318. The van der Waals surface area contributed by atoms with Gasteiger partial charge in [0.05, 0.1) is 6.54 Å². The first-order valence-electron chi connectivity index (χ1n) is 9.28. The van der Waals surface area contributed by atoms with E-state index in [4.69, 9.17) is 9.47 Å². The first-order valence-corrected chi connectivity index (χ1v) is 9.28. The van der Waals surface area contributed by atoms with Crippen LogP contribution >= 0.6 is 0 Å². The summed E-state index contributed by atoms with van der Waals surface area (Å²) < 4.78 is 10.8. The fourth-order valence-corrected chi connectivity index (χ4v) is 3.55. The highest BCUT2D eigenvalue weighted by molar-refractivity contribution is 5.80. The van der Waals surface area contributed by atoms with Gasteiger partial charge in [0.1, 0.15) is 0 Å². The zero-order valence-electron chi connectivity index (χ0n) is 15.6. The van der Waals surface area contributed by atoms with Gasteiger partial charge in [0, 0.05) is 19.6 Å². The molecule has 0 unspecified atom stereocenters. The molecule has 2 aromatic carbocycles. The maximum Gasteiger partial charge on any atom is 0.237 e. The molecule has 5 nitrogen and oxygen atoms in total. The lowest BCUT2D eigenvalue weighted by atomic mass is 9.99. The number of carbonyl (C=O) groups excluding carboxylic acids is 1. The van der Waals surface area contributed by atoms with Gasteiger partial charge in [-0.15, -0.1) is 0 Å². The number of rotatable bonds is 5. The summed E-state index contributed by atoms with van der Waals surface area (Å²) in [6.07, 6.45) is 3.08. The smallest absolute Gasteiger partial charge is 0.237 e. The standard InChI is InChI=1S/C22H24N2O3/c1-23(14-17-7-8-20-21(13-17)27-16-26-20)15-22(25)24-11-9-19(10-12-24)18-5-3-2-4-6-18/h2-9,13H,10-12,14-16H2,1H3. The summed E-state index contributed by atoms with van der Waals surface area (Å²) in [4.78, 5) is 16.6. The SMILES string of the molecule is CN(CC(=O)N1CC=C(c2ccccc2)CC1)Cc1ccc2c(c1)OCO2. The molecule has 4 rings (SSSR count). The Balaban J connectivity index is 1.31. The zero-order valence-corrected chi connectivity index (χ0v) is 15.6. The maximum absolute atomic E-state index is 12.6. The molecule has 2 heterocycles. The van der Waals surface area contributed by atoms with E-state index in [2.05, 4.69) is 30.3 Å². The van der Waals surface area contributed by atoms with Gasteiger partial charge in [0.25, 0.3) is 0 Å². The molecule has 0 fully saturated rings. The van der Waals surface area contributed by atoms with Crippen molar-refractivity contribution in [2.75, 3.05) is 33.5 Å². The third kappa shape index (κ3) is 4.14. The lowest BCUT2D eigenvalue weighted by molar-refractivity contribution is -0.131. The molecule has 0 spiro atoms. The molecule has 5 heteroatoms. The van der Waals surface area contributed by atoms with Crippen LogP contribution in [0.25, 0.3) is 5.57 Å². The third-order valence-electron chi connectivity index (χ3n) is 5.00. The average Bonchev–Trinajstić information content (AvgIpc) is 3.16. The van der Waals surface area contributed by atoms with Crippen molar-refractivity contribution >= 4 is 11.5 Å². The highest BCUT2D eigenvalue weighted by atomic mass is 16.7. The molecule has 0 saturated carbocycles. The molecule has 0 aromatic heterocycles. The van der Waals surface area contributed by atoms with E-state index < -0.39 is 0 Å². The molecule has 2 aromatic rings. The minimum absolute atomic E-state index is 0.168. The van der Waals surface area contributed by atoms with Crippen molar-refractivity contribution in [2.24, 2.45) is 0 Å². The van der Waals surface area contributed by atoms with Gasteiger partial charge in [-0.2, -0.15) is 0 Å². The van der Waals surface area contributed by atoms with E-state index in [0.29, 0.717) is 19.6 Å². The number of likely N-dealkylation sites (N-methyl/N-ethyl adjacent to an activating group) is 1. The van der Waals surface area contributed by atoms with E-state index in [9.17, 15) is 4.79 Å². The van der Waals surface area contributed by atoms with Gasteiger partial charge < -0.3 is 14.4 Å². The molecular formula is C22H24N2O3. The van der Waals surface area contributed by atoms with E-state index in [1.165, 1.54) is 11.1 Å². The largest absolute Gasteiger partial charge is 0.454 e. The summed E-state index contributed by atoms with van der Waals surface area (Å²) in [6, 6.07) is 16.3. The van der Waals surface area contributed by atoms with Crippen LogP contribution in [0.1, 0.15) is 17.5 Å². The second-order valence-corrected chi connectivity index (χ2v) is 7.05. The van der Waals surface area contributed by atoms with Gasteiger partial charge in [0.15, 0.2) is 11.5 Å². The Hall–Kier alpha value is -2.79. The van der Waals surface area contributed by atoms with Crippen LogP contribution in [0.5, 0.6) is 11.5 Å². The van der Waals surface area contributed by atoms with E-state index >= 15 is 0 Å². The van der Waals surface area contributed by atoms with Crippen LogP contribution in [0, 0.1) is 0 Å². The Kier molecular flexibility index (Phi) is 5.12. The molecule has 0 saturated heterocycles. The molecule has 0 aliphatic carbocycles. The Labute approximate surface area is 159 Å². The van der Waals surface area contributed by atoms with Gasteiger partial charge in [0.2, 0.25) is 12.7 Å². The summed E-state index contributed by atoms with van der Waals surface area (Å²) in [6.45, 7) is 2.84. The number of benzene rings is 2. The molecule has 140 valence electrons. The molecule has 0 N–H and O–H groups in total. The van der Waals surface area contributed by atoms with Crippen LogP contribution in [-0.2, 0) is 11.3 Å². The number of fused-ring (bicyclic) bond motifs is 1. The molecule has 0 atom stereocenters. The van der Waals surface area contributed by atoms with Crippen molar-refractivity contribution < 1.29 is 14.3 Å². The predicted octanol–water partition coefficient (Wildman–Crippen LogP) is 3.16. The van der Waals surface area contributed by atoms with Crippen LogP contribution in [0.2, 0.25) is 0 Å². The van der Waals surface area contributed by atoms with Crippen molar-refractivity contribution in [3.63, 3.8) is 0 Å². The number of nitrogens with zero attached hydrogens (tertiary/aromatic N) is 2. The number of hydrogen-bond acceptors (Lipinski definition) is 4. The van der Waals surface area contributed by atoms with E-state index in [1.54, 1.807) is 0 Å². The predicted molar refractivity (Wildman–Crippen MR) is 105 cm³/mol. The van der Waals surface area contributed by atoms with Gasteiger partial charge in [-0.25, -0.2) is 0 Å². The van der Waals surface area contributed by atoms with Crippen LogP contribution in [0.4, 0.5) is 0 Å². The van der Waals surface area contributed by atoms with Gasteiger partial charge in [-0.3, -0.25) is 9.69 Å². The number of ether oxygens (including phenoxy) is 2. The summed E-state index contributed by atoms with van der Waals surface area (Å²) in [5.74, 6) is 1.73. The van der Waals surface area contributed by atoms with Crippen LogP contribution in [-0.4, -0.2) is 49.2 Å². The quantitative estimate of drug-likeness (QED) is 0.817. The summed E-state index contributed by atoms with van der Waals surface area (Å²) in [7, 11) is 1.97. The number of amides is 1. The van der Waals surface area contributed by atoms with Crippen LogP contribution in [0.3, 0.4) is 0 Å². The van der Waals surface area contributed by atoms with E-state index in [0.717, 1.165) is 30.0 Å². The topological polar surface area (TPSA) is 42.0 Å². The van der Waals surface area contributed by atoms with Crippen molar-refractivity contribution in [1.82, 2.24) is 9.80 Å². The summed E-state index contributed by atoms with van der Waals surface area (Å²) >= 11 is 0. The minimum Gasteiger partial charge on any atom is -0.454 e. The van der Waals surface area contributed by atoms with Gasteiger partial charge in [-0.05, 0) is 42.3 Å². The van der Waals surface area contributed by atoms with E-state index in [-0.39, 0.29) is 12.7 Å². The molecule has 27 heavy (non-hydrogen) atoms. The van der Waals surface area contributed by atoms with E-state index in [1.807, 2.05) is 41.1 Å². The Morgan fingerprint density at radius 1 is 1.11 bits per heavy atom. The first kappa shape index (κ1) is 17.6. The van der Waals surface area contributed by atoms with Crippen LogP contribution in [0.15, 0.2) is 54.6 Å². The Morgan fingerprint density at radius 2 is 1.93 bits per heavy atom. The monoisotopic (exact) mass is 364 g/mol. The summed E-state index contributed by atoms with van der Waals surface area (Å²) in [5.41, 5.74) is 3.69. The molecule has 2 aliphatic rings. The van der Waals surface area contributed by atoms with Crippen molar-refractivity contribution in [3.05, 3.63) is 65.7 Å². The normalized spacial score (nSPS) is 15.8. The molecule has 1 amide bonds. The third-order valence-corrected chi connectivity index (χ3v) is 5.00. The van der Waals surface area contributed by atoms with Crippen molar-refractivity contribution in [1.29, 1.82) is 0 Å². The van der Waals surface area contributed by atoms with Crippen molar-refractivity contribution in [3.8, 4) is 11.5 Å². The Morgan fingerprint density at radius 3 is 2.70 bits per heavy atom. The molecular weight excluding hydrogens is 340 g/mol. The molecule has 0 bridgehead atoms. The van der Waals surface area contributed by atoms with Crippen molar-refractivity contribution in [2.45, 2.75) is 13.0 Å². The summed E-state index contributed by atoms with van der Waals surface area (Å²) in [5, 5.41) is 0. The minimum atomic E-state index is 0.168. The Bertz CT molecular complexity index is 848. The fourth-order valence-electron chi connectivity index (χ4n) is 3.55. The maximum atomic E-state index is 12.6.